The number of halogens is 4. The van der Waals surface area contributed by atoms with Crippen molar-refractivity contribution in [3.05, 3.63) is 115 Å². The van der Waals surface area contributed by atoms with Crippen molar-refractivity contribution in [2.24, 2.45) is 0 Å². The van der Waals surface area contributed by atoms with Crippen LogP contribution in [0.15, 0.2) is 81.5 Å². The highest BCUT2D eigenvalue weighted by atomic mass is 19.1. The Kier molecular flexibility index (Phi) is 17.1. The van der Waals surface area contributed by atoms with Crippen molar-refractivity contribution in [1.82, 2.24) is 10.6 Å². The molecule has 2 aliphatic heterocycles. The highest BCUT2D eigenvalue weighted by Gasteiger charge is 2.43. The lowest BCUT2D eigenvalue weighted by molar-refractivity contribution is -0.140. The summed E-state index contributed by atoms with van der Waals surface area (Å²) in [6.07, 6.45) is -4.08. The second-order valence-electron chi connectivity index (χ2n) is 12.9. The largest absolute Gasteiger partial charge is 0.466 e. The number of allylic oxidation sites excluding steroid dienone is 3. The molecule has 4 atom stereocenters. The topological polar surface area (TPSA) is 165 Å². The van der Waals surface area contributed by atoms with Gasteiger partial charge in [-0.2, -0.15) is 0 Å². The standard InChI is InChI=1S/C22H27F2NO6.C20H21F2NO5/c1-7-31-21(27)16-12(3)25-19(22(29-5)30-6)18(20(26)28-4)17(16)13-9-8-10-14(24)15(13)11(2)23;1-5-28-20(26)16-11(3)23-14(9-24)18(19(25)27-4)17(16)12-7-6-8-13(22)15(12)10(2)21/h8-11,17,22,25H,7H2,1-6H3;6-10,17,23H,5H2,1-4H3. The van der Waals surface area contributed by atoms with Crippen LogP contribution in [0.5, 0.6) is 0 Å². The number of hydrogen-bond acceptors (Lipinski definition) is 13. The molecule has 13 nitrogen and oxygen atoms in total. The Hall–Kier alpha value is -5.81. The van der Waals surface area contributed by atoms with Gasteiger partial charge in [-0.15, -0.1) is 0 Å². The molecule has 0 aliphatic carbocycles. The predicted molar refractivity (Wildman–Crippen MR) is 204 cm³/mol. The number of alkyl halides is 2. The van der Waals surface area contributed by atoms with Crippen LogP contribution in [0.2, 0.25) is 0 Å². The van der Waals surface area contributed by atoms with E-state index in [0.29, 0.717) is 12.0 Å². The van der Waals surface area contributed by atoms with Crippen molar-refractivity contribution in [2.45, 2.75) is 72.0 Å². The summed E-state index contributed by atoms with van der Waals surface area (Å²) in [5.41, 5.74) is -0.154. The van der Waals surface area contributed by atoms with Crippen molar-refractivity contribution in [1.29, 1.82) is 0 Å². The molecule has 2 N–H and O–H groups in total. The van der Waals surface area contributed by atoms with Crippen LogP contribution in [0.3, 0.4) is 0 Å². The van der Waals surface area contributed by atoms with Gasteiger partial charge in [-0.1, -0.05) is 24.3 Å². The Labute approximate surface area is 339 Å². The summed E-state index contributed by atoms with van der Waals surface area (Å²) < 4.78 is 88.5. The number of aldehydes is 1. The molecule has 17 heteroatoms. The number of hydrogen-bond donors (Lipinski definition) is 2. The third-order valence-electron chi connectivity index (χ3n) is 9.36. The minimum Gasteiger partial charge on any atom is -0.466 e. The van der Waals surface area contributed by atoms with E-state index in [9.17, 15) is 41.5 Å². The van der Waals surface area contributed by atoms with E-state index in [4.69, 9.17) is 28.4 Å². The van der Waals surface area contributed by atoms with Crippen molar-refractivity contribution in [2.75, 3.05) is 41.7 Å². The van der Waals surface area contributed by atoms with Gasteiger partial charge in [0.15, 0.2) is 12.6 Å². The zero-order valence-electron chi connectivity index (χ0n) is 34.3. The molecule has 4 unspecified atom stereocenters. The van der Waals surface area contributed by atoms with Crippen LogP contribution < -0.4 is 10.6 Å². The number of ether oxygens (including phenoxy) is 6. The van der Waals surface area contributed by atoms with E-state index in [1.807, 2.05) is 0 Å². The number of nitrogens with one attached hydrogen (secondary N) is 2. The Morgan fingerprint density at radius 1 is 0.661 bits per heavy atom. The molecule has 320 valence electrons. The van der Waals surface area contributed by atoms with Crippen LogP contribution >= 0.6 is 0 Å². The first-order valence-corrected chi connectivity index (χ1v) is 18.3. The molecular weight excluding hydrogens is 784 g/mol. The van der Waals surface area contributed by atoms with Crippen LogP contribution in [-0.4, -0.2) is 78.1 Å². The first-order chi connectivity index (χ1) is 28.0. The third kappa shape index (κ3) is 10.1. The molecule has 0 bridgehead atoms. The maximum Gasteiger partial charge on any atom is 0.336 e. The van der Waals surface area contributed by atoms with Gasteiger partial charge in [0.25, 0.3) is 0 Å². The second-order valence-corrected chi connectivity index (χ2v) is 12.9. The Bertz CT molecular complexity index is 2070. The Balaban J connectivity index is 0.000000317. The first kappa shape index (κ1) is 47.6. The van der Waals surface area contributed by atoms with Crippen molar-refractivity contribution in [3.8, 4) is 0 Å². The molecule has 2 aliphatic rings. The molecular formula is C42H48F4N2O11. The van der Waals surface area contributed by atoms with E-state index in [-0.39, 0.29) is 74.9 Å². The normalized spacial score (nSPS) is 17.6. The van der Waals surface area contributed by atoms with Crippen LogP contribution in [0, 0.1) is 11.6 Å². The maximum absolute atomic E-state index is 14.7. The van der Waals surface area contributed by atoms with Crippen molar-refractivity contribution in [3.63, 3.8) is 0 Å². The highest BCUT2D eigenvalue weighted by molar-refractivity contribution is 6.03. The van der Waals surface area contributed by atoms with Gasteiger partial charge < -0.3 is 39.1 Å². The van der Waals surface area contributed by atoms with E-state index >= 15 is 0 Å². The summed E-state index contributed by atoms with van der Waals surface area (Å²) in [5.74, 6) is -7.28. The highest BCUT2D eigenvalue weighted by Crippen LogP contribution is 2.45. The number of rotatable bonds is 14. The summed E-state index contributed by atoms with van der Waals surface area (Å²) in [6.45, 7) is 8.78. The number of esters is 4. The zero-order chi connectivity index (χ0) is 44.3. The number of carbonyl (C=O) groups is 5. The minimum absolute atomic E-state index is 0.0275. The molecule has 0 fully saturated rings. The van der Waals surface area contributed by atoms with E-state index < -0.39 is 66.0 Å². The van der Waals surface area contributed by atoms with Gasteiger partial charge in [-0.05, 0) is 64.8 Å². The SMILES string of the molecule is CCOC(=O)C1=C(C)NC(C(OC)OC)=C(C(=O)OC)C1c1cccc(F)c1C(C)F.CCOC(=O)C1=C(C)NC(C=O)=C(C(=O)OC)C1c1cccc(F)c1C(C)F. The monoisotopic (exact) mass is 832 g/mol. The molecule has 0 spiro atoms. The molecule has 2 heterocycles. The minimum atomic E-state index is -1.73. The van der Waals surface area contributed by atoms with Crippen LogP contribution in [0.1, 0.15) is 88.0 Å². The molecule has 0 aromatic heterocycles. The van der Waals surface area contributed by atoms with Gasteiger partial charge in [0, 0.05) is 36.7 Å². The third-order valence-corrected chi connectivity index (χ3v) is 9.36. The summed E-state index contributed by atoms with van der Waals surface area (Å²) in [4.78, 5) is 62.5. The average molecular weight is 833 g/mol. The number of carbonyl (C=O) groups excluding carboxylic acids is 5. The Morgan fingerprint density at radius 3 is 1.44 bits per heavy atom. The molecule has 0 radical (unpaired) electrons. The number of dihydropyridines is 2. The summed E-state index contributed by atoms with van der Waals surface area (Å²) in [7, 11) is 5.00. The zero-order valence-corrected chi connectivity index (χ0v) is 34.3. The molecule has 0 amide bonds. The predicted octanol–water partition coefficient (Wildman–Crippen LogP) is 6.43. The smallest absolute Gasteiger partial charge is 0.336 e. The lowest BCUT2D eigenvalue weighted by atomic mass is 9.77. The van der Waals surface area contributed by atoms with Gasteiger partial charge >= 0.3 is 23.9 Å². The molecule has 2 aromatic carbocycles. The van der Waals surface area contributed by atoms with Crippen molar-refractivity contribution < 1.29 is 70.0 Å². The lowest BCUT2D eigenvalue weighted by Gasteiger charge is -2.34. The lowest BCUT2D eigenvalue weighted by Crippen LogP contribution is -2.38. The van der Waals surface area contributed by atoms with Crippen LogP contribution in [0.25, 0.3) is 0 Å². The molecule has 59 heavy (non-hydrogen) atoms. The van der Waals surface area contributed by atoms with Crippen molar-refractivity contribution >= 4 is 30.2 Å². The van der Waals surface area contributed by atoms with Gasteiger partial charge in [-0.3, -0.25) is 4.79 Å². The second kappa shape index (κ2) is 21.3. The van der Waals surface area contributed by atoms with E-state index in [1.165, 1.54) is 52.3 Å². The van der Waals surface area contributed by atoms with Gasteiger partial charge in [-0.25, -0.2) is 36.7 Å². The Morgan fingerprint density at radius 2 is 1.07 bits per heavy atom. The molecule has 0 saturated heterocycles. The van der Waals surface area contributed by atoms with E-state index in [1.54, 1.807) is 20.8 Å². The van der Waals surface area contributed by atoms with Gasteiger partial charge in [0.1, 0.15) is 24.0 Å². The van der Waals surface area contributed by atoms with Crippen LogP contribution in [0.4, 0.5) is 17.6 Å². The summed E-state index contributed by atoms with van der Waals surface area (Å²) >= 11 is 0. The number of methoxy groups -OCH3 is 4. The van der Waals surface area contributed by atoms with E-state index in [2.05, 4.69) is 10.6 Å². The molecule has 0 saturated carbocycles. The average Bonchev–Trinajstić information content (AvgIpc) is 3.19. The van der Waals surface area contributed by atoms with Crippen LogP contribution in [-0.2, 0) is 52.4 Å². The first-order valence-electron chi connectivity index (χ1n) is 18.3. The molecule has 2 aromatic rings. The fourth-order valence-electron chi connectivity index (χ4n) is 7.02. The quantitative estimate of drug-likeness (QED) is 0.0704. The van der Waals surface area contributed by atoms with Gasteiger partial charge in [0.05, 0.1) is 73.0 Å². The number of benzene rings is 2. The fourth-order valence-corrected chi connectivity index (χ4v) is 7.02. The molecule has 4 rings (SSSR count). The fraction of sp³-hybridized carbons (Fsp3) is 0.405. The van der Waals surface area contributed by atoms with Gasteiger partial charge in [0.2, 0.25) is 0 Å². The summed E-state index contributed by atoms with van der Waals surface area (Å²) in [5, 5.41) is 5.64. The van der Waals surface area contributed by atoms with E-state index in [0.717, 1.165) is 33.3 Å². The summed E-state index contributed by atoms with van der Waals surface area (Å²) in [6, 6.07) is 7.79. The maximum atomic E-state index is 14.7.